The van der Waals surface area contributed by atoms with E-state index < -0.39 is 0 Å². The van der Waals surface area contributed by atoms with Crippen LogP contribution >= 0.6 is 0 Å². The Morgan fingerprint density at radius 3 is 2.92 bits per heavy atom. The van der Waals surface area contributed by atoms with Crippen molar-refractivity contribution in [3.63, 3.8) is 0 Å². The molecule has 0 aliphatic carbocycles. The molecule has 1 atom stereocenters. The standard InChI is InChI=1S/C18H25N5O3/c1-13-6-4-5-7-15(13)22-8-9-23(14(2)11-22)18(24)19-10-17-20-16(12-25-3)21-26-17/h4-7,14H,8-12H2,1-3H3,(H,19,24)/t14-/m1/s1. The molecule has 2 amide bonds. The Labute approximate surface area is 153 Å². The number of piperazine rings is 1. The predicted octanol–water partition coefficient (Wildman–Crippen LogP) is 1.94. The number of urea groups is 1. The van der Waals surface area contributed by atoms with Crippen molar-refractivity contribution < 1.29 is 14.1 Å². The molecule has 1 aromatic carbocycles. The molecule has 8 nitrogen and oxygen atoms in total. The van der Waals surface area contributed by atoms with Crippen LogP contribution in [0.15, 0.2) is 28.8 Å². The molecule has 1 aliphatic heterocycles. The highest BCUT2D eigenvalue weighted by molar-refractivity contribution is 5.75. The topological polar surface area (TPSA) is 83.7 Å². The lowest BCUT2D eigenvalue weighted by atomic mass is 10.1. The molecular formula is C18H25N5O3. The first kappa shape index (κ1) is 18.2. The molecule has 1 aromatic heterocycles. The molecule has 26 heavy (non-hydrogen) atoms. The van der Waals surface area contributed by atoms with Gasteiger partial charge in [0.25, 0.3) is 0 Å². The van der Waals surface area contributed by atoms with Gasteiger partial charge in [0.1, 0.15) is 6.61 Å². The van der Waals surface area contributed by atoms with Gasteiger partial charge >= 0.3 is 6.03 Å². The molecule has 3 rings (SSSR count). The fraction of sp³-hybridized carbons (Fsp3) is 0.500. The van der Waals surface area contributed by atoms with Gasteiger partial charge in [0.05, 0.1) is 6.54 Å². The fourth-order valence-corrected chi connectivity index (χ4v) is 3.20. The number of hydrogen-bond donors (Lipinski definition) is 1. The first-order chi connectivity index (χ1) is 12.6. The predicted molar refractivity (Wildman–Crippen MR) is 96.8 cm³/mol. The zero-order valence-electron chi connectivity index (χ0n) is 15.4. The van der Waals surface area contributed by atoms with Crippen molar-refractivity contribution in [2.24, 2.45) is 0 Å². The maximum atomic E-state index is 12.5. The van der Waals surface area contributed by atoms with Crippen LogP contribution in [0.5, 0.6) is 0 Å². The Kier molecular flexibility index (Phi) is 5.72. The van der Waals surface area contributed by atoms with E-state index in [0.29, 0.717) is 18.3 Å². The van der Waals surface area contributed by atoms with Crippen molar-refractivity contribution in [2.45, 2.75) is 33.0 Å². The number of carbonyl (C=O) groups excluding carboxylic acids is 1. The Hall–Kier alpha value is -2.61. The minimum Gasteiger partial charge on any atom is -0.377 e. The van der Waals surface area contributed by atoms with E-state index in [-0.39, 0.29) is 25.2 Å². The number of hydrogen-bond acceptors (Lipinski definition) is 6. The molecule has 140 valence electrons. The molecule has 1 N–H and O–H groups in total. The van der Waals surface area contributed by atoms with Crippen molar-refractivity contribution in [3.05, 3.63) is 41.5 Å². The van der Waals surface area contributed by atoms with Crippen LogP contribution in [-0.2, 0) is 17.9 Å². The van der Waals surface area contributed by atoms with E-state index in [0.717, 1.165) is 13.1 Å². The third kappa shape index (κ3) is 4.13. The number of nitrogens with zero attached hydrogens (tertiary/aromatic N) is 4. The van der Waals surface area contributed by atoms with Crippen LogP contribution in [0.2, 0.25) is 0 Å². The molecule has 2 aromatic rings. The number of methoxy groups -OCH3 is 1. The Bertz CT molecular complexity index is 748. The summed E-state index contributed by atoms with van der Waals surface area (Å²) in [5.74, 6) is 0.841. The summed E-state index contributed by atoms with van der Waals surface area (Å²) >= 11 is 0. The maximum absolute atomic E-state index is 12.5. The van der Waals surface area contributed by atoms with E-state index >= 15 is 0 Å². The first-order valence-corrected chi connectivity index (χ1v) is 8.74. The molecule has 1 aliphatic rings. The normalized spacial score (nSPS) is 17.4. The second kappa shape index (κ2) is 8.18. The Morgan fingerprint density at radius 1 is 1.38 bits per heavy atom. The van der Waals surface area contributed by atoms with Gasteiger partial charge in [-0.25, -0.2) is 4.79 Å². The third-order valence-electron chi connectivity index (χ3n) is 4.52. The lowest BCUT2D eigenvalue weighted by Crippen LogP contribution is -2.56. The molecule has 0 radical (unpaired) electrons. The minimum atomic E-state index is -0.117. The highest BCUT2D eigenvalue weighted by Crippen LogP contribution is 2.22. The zero-order valence-corrected chi connectivity index (χ0v) is 15.4. The smallest absolute Gasteiger partial charge is 0.318 e. The van der Waals surface area contributed by atoms with Crippen LogP contribution in [-0.4, -0.2) is 53.9 Å². The molecular weight excluding hydrogens is 334 g/mol. The summed E-state index contributed by atoms with van der Waals surface area (Å²) in [6.45, 7) is 6.95. The summed E-state index contributed by atoms with van der Waals surface area (Å²) in [5, 5.41) is 6.63. The number of para-hydroxylation sites is 1. The summed E-state index contributed by atoms with van der Waals surface area (Å²) in [5.41, 5.74) is 2.48. The number of nitrogens with one attached hydrogen (secondary N) is 1. The quantitative estimate of drug-likeness (QED) is 0.878. The van der Waals surface area contributed by atoms with E-state index in [9.17, 15) is 4.79 Å². The highest BCUT2D eigenvalue weighted by Gasteiger charge is 2.28. The average molecular weight is 359 g/mol. The van der Waals surface area contributed by atoms with Gasteiger partial charge in [-0.3, -0.25) is 0 Å². The number of aryl methyl sites for hydroxylation is 1. The molecule has 0 unspecified atom stereocenters. The van der Waals surface area contributed by atoms with Gasteiger partial charge in [-0.15, -0.1) is 0 Å². The number of aromatic nitrogens is 2. The number of benzene rings is 1. The summed E-state index contributed by atoms with van der Waals surface area (Å²) in [7, 11) is 1.57. The van der Waals surface area contributed by atoms with Crippen LogP contribution in [0, 0.1) is 6.92 Å². The number of rotatable bonds is 5. The van der Waals surface area contributed by atoms with Crippen molar-refractivity contribution in [1.29, 1.82) is 0 Å². The van der Waals surface area contributed by atoms with E-state index in [4.69, 9.17) is 9.26 Å². The largest absolute Gasteiger partial charge is 0.377 e. The van der Waals surface area contributed by atoms with Gasteiger partial charge < -0.3 is 24.4 Å². The lowest BCUT2D eigenvalue weighted by molar-refractivity contribution is 0.169. The number of anilines is 1. The van der Waals surface area contributed by atoms with Crippen molar-refractivity contribution >= 4 is 11.7 Å². The van der Waals surface area contributed by atoms with E-state index in [1.807, 2.05) is 17.0 Å². The van der Waals surface area contributed by atoms with Crippen molar-refractivity contribution in [1.82, 2.24) is 20.4 Å². The molecule has 0 saturated carbocycles. The fourth-order valence-electron chi connectivity index (χ4n) is 3.20. The van der Waals surface area contributed by atoms with Crippen LogP contribution in [0.4, 0.5) is 10.5 Å². The van der Waals surface area contributed by atoms with Gasteiger partial charge in [0, 0.05) is 38.5 Å². The molecule has 1 fully saturated rings. The van der Waals surface area contributed by atoms with Gasteiger partial charge in [0.15, 0.2) is 5.82 Å². The molecule has 2 heterocycles. The van der Waals surface area contributed by atoms with Crippen LogP contribution in [0.1, 0.15) is 24.2 Å². The van der Waals surface area contributed by atoms with Gasteiger partial charge in [0.2, 0.25) is 5.89 Å². The Morgan fingerprint density at radius 2 is 2.19 bits per heavy atom. The second-order valence-electron chi connectivity index (χ2n) is 6.47. The van der Waals surface area contributed by atoms with Crippen molar-refractivity contribution in [2.75, 3.05) is 31.6 Å². The van der Waals surface area contributed by atoms with Gasteiger partial charge in [-0.2, -0.15) is 4.98 Å². The van der Waals surface area contributed by atoms with Crippen LogP contribution in [0.3, 0.4) is 0 Å². The van der Waals surface area contributed by atoms with Gasteiger partial charge in [-0.1, -0.05) is 23.4 Å². The molecule has 1 saturated heterocycles. The second-order valence-corrected chi connectivity index (χ2v) is 6.47. The van der Waals surface area contributed by atoms with Crippen LogP contribution < -0.4 is 10.2 Å². The monoisotopic (exact) mass is 359 g/mol. The number of carbonyl (C=O) groups is 1. The SMILES string of the molecule is COCc1noc(CNC(=O)N2CCN(c3ccccc3C)C[C@H]2C)n1. The third-order valence-corrected chi connectivity index (χ3v) is 4.52. The van der Waals surface area contributed by atoms with Crippen molar-refractivity contribution in [3.8, 4) is 0 Å². The maximum Gasteiger partial charge on any atom is 0.318 e. The van der Waals surface area contributed by atoms with E-state index in [1.165, 1.54) is 11.3 Å². The lowest BCUT2D eigenvalue weighted by Gasteiger charge is -2.41. The minimum absolute atomic E-state index is 0.107. The Balaban J connectivity index is 1.53. The summed E-state index contributed by atoms with van der Waals surface area (Å²) in [4.78, 5) is 20.8. The van der Waals surface area contributed by atoms with Crippen LogP contribution in [0.25, 0.3) is 0 Å². The zero-order chi connectivity index (χ0) is 18.5. The van der Waals surface area contributed by atoms with E-state index in [2.05, 4.69) is 46.3 Å². The summed E-state index contributed by atoms with van der Waals surface area (Å²) < 4.78 is 10.0. The first-order valence-electron chi connectivity index (χ1n) is 8.74. The number of ether oxygens (including phenoxy) is 1. The van der Waals surface area contributed by atoms with E-state index in [1.54, 1.807) is 7.11 Å². The summed E-state index contributed by atoms with van der Waals surface area (Å²) in [6.07, 6.45) is 0. The highest BCUT2D eigenvalue weighted by atomic mass is 16.5. The number of amides is 2. The summed E-state index contributed by atoms with van der Waals surface area (Å²) in [6, 6.07) is 8.32. The molecule has 8 heteroatoms. The van der Waals surface area contributed by atoms with Gasteiger partial charge in [-0.05, 0) is 25.5 Å². The molecule has 0 spiro atoms. The molecule has 0 bridgehead atoms. The average Bonchev–Trinajstić information content (AvgIpc) is 3.08.